The van der Waals surface area contributed by atoms with Crippen LogP contribution in [0.25, 0.3) is 0 Å². The van der Waals surface area contributed by atoms with Crippen LogP contribution in [0.4, 0.5) is 4.39 Å². The topological polar surface area (TPSA) is 60.9 Å². The summed E-state index contributed by atoms with van der Waals surface area (Å²) in [6.07, 6.45) is 1.85. The zero-order valence-electron chi connectivity index (χ0n) is 17.8. The molecule has 2 heterocycles. The molecule has 2 aliphatic rings. The van der Waals surface area contributed by atoms with E-state index in [2.05, 4.69) is 11.8 Å². The van der Waals surface area contributed by atoms with Gasteiger partial charge in [-0.3, -0.25) is 9.69 Å². The van der Waals surface area contributed by atoms with Gasteiger partial charge in [-0.25, -0.2) is 12.8 Å². The van der Waals surface area contributed by atoms with Crippen molar-refractivity contribution in [1.82, 2.24) is 14.1 Å². The fourth-order valence-electron chi connectivity index (χ4n) is 4.51. The molecule has 8 heteroatoms. The van der Waals surface area contributed by atoms with Gasteiger partial charge in [-0.2, -0.15) is 4.31 Å². The zero-order valence-corrected chi connectivity index (χ0v) is 18.6. The van der Waals surface area contributed by atoms with Crippen LogP contribution in [0.1, 0.15) is 39.2 Å². The summed E-state index contributed by atoms with van der Waals surface area (Å²) in [6.45, 7) is 11.1. The summed E-state index contributed by atoms with van der Waals surface area (Å²) in [6, 6.07) is 3.95. The van der Waals surface area contributed by atoms with Crippen molar-refractivity contribution < 1.29 is 17.6 Å². The minimum Gasteiger partial charge on any atom is -0.341 e. The average Bonchev–Trinajstić information content (AvgIpc) is 3.15. The van der Waals surface area contributed by atoms with Crippen LogP contribution in [-0.4, -0.2) is 73.2 Å². The summed E-state index contributed by atoms with van der Waals surface area (Å²) < 4.78 is 41.0. The van der Waals surface area contributed by atoms with Crippen LogP contribution in [0.5, 0.6) is 0 Å². The number of halogens is 1. The Hall–Kier alpha value is -1.51. The molecule has 0 bridgehead atoms. The molecule has 2 saturated heterocycles. The van der Waals surface area contributed by atoms with Crippen molar-refractivity contribution >= 4 is 15.9 Å². The molecule has 0 unspecified atom stereocenters. The van der Waals surface area contributed by atoms with Crippen molar-refractivity contribution in [2.24, 2.45) is 5.92 Å². The Morgan fingerprint density at radius 3 is 2.38 bits per heavy atom. The van der Waals surface area contributed by atoms with E-state index >= 15 is 0 Å². The van der Waals surface area contributed by atoms with Crippen LogP contribution in [-0.2, 0) is 14.8 Å². The molecule has 2 aliphatic heterocycles. The van der Waals surface area contributed by atoms with Crippen LogP contribution >= 0.6 is 0 Å². The third kappa shape index (κ3) is 4.20. The van der Waals surface area contributed by atoms with Gasteiger partial charge in [0.1, 0.15) is 5.82 Å². The summed E-state index contributed by atoms with van der Waals surface area (Å²) >= 11 is 0. The second-order valence-corrected chi connectivity index (χ2v) is 10.5. The number of nitrogens with zero attached hydrogens (tertiary/aromatic N) is 3. The Bertz CT molecular complexity index is 866. The number of amides is 1. The van der Waals surface area contributed by atoms with Crippen LogP contribution in [0.15, 0.2) is 23.1 Å². The Morgan fingerprint density at radius 1 is 1.17 bits per heavy atom. The summed E-state index contributed by atoms with van der Waals surface area (Å²) in [5.41, 5.74) is 0.253. The molecule has 6 nitrogen and oxygen atoms in total. The van der Waals surface area contributed by atoms with Crippen molar-refractivity contribution in [1.29, 1.82) is 0 Å². The molecule has 1 amide bonds. The Balaban J connectivity index is 1.69. The molecular formula is C21H32FN3O3S. The maximum absolute atomic E-state index is 13.5. The fourth-order valence-corrected chi connectivity index (χ4v) is 6.02. The number of carbonyl (C=O) groups excluding carboxylic acids is 1. The largest absolute Gasteiger partial charge is 0.341 e. The van der Waals surface area contributed by atoms with E-state index in [0.29, 0.717) is 38.3 Å². The number of sulfonamides is 1. The van der Waals surface area contributed by atoms with Crippen molar-refractivity contribution in [3.05, 3.63) is 29.6 Å². The van der Waals surface area contributed by atoms with Gasteiger partial charge < -0.3 is 4.90 Å². The van der Waals surface area contributed by atoms with E-state index < -0.39 is 15.8 Å². The van der Waals surface area contributed by atoms with Gasteiger partial charge in [0.05, 0.1) is 4.90 Å². The number of carbonyl (C=O) groups is 1. The van der Waals surface area contributed by atoms with E-state index in [1.807, 2.05) is 18.7 Å². The molecule has 1 atom stereocenters. The molecule has 29 heavy (non-hydrogen) atoms. The Kier molecular flexibility index (Phi) is 6.36. The number of hydrogen-bond acceptors (Lipinski definition) is 4. The lowest BCUT2D eigenvalue weighted by Crippen LogP contribution is -2.59. The number of aryl methyl sites for hydroxylation is 1. The third-order valence-electron chi connectivity index (χ3n) is 6.47. The highest BCUT2D eigenvalue weighted by atomic mass is 32.2. The van der Waals surface area contributed by atoms with E-state index in [0.717, 1.165) is 19.4 Å². The van der Waals surface area contributed by atoms with Crippen molar-refractivity contribution in [3.63, 3.8) is 0 Å². The summed E-state index contributed by atoms with van der Waals surface area (Å²) in [5, 5.41) is 0. The van der Waals surface area contributed by atoms with E-state index in [-0.39, 0.29) is 22.3 Å². The Labute approximate surface area is 173 Å². The van der Waals surface area contributed by atoms with Crippen LogP contribution < -0.4 is 0 Å². The normalized spacial score (nSPS) is 24.4. The molecular weight excluding hydrogens is 393 g/mol. The van der Waals surface area contributed by atoms with E-state index in [9.17, 15) is 17.6 Å². The van der Waals surface area contributed by atoms with Gasteiger partial charge in [-0.1, -0.05) is 20.8 Å². The molecule has 0 radical (unpaired) electrons. The summed E-state index contributed by atoms with van der Waals surface area (Å²) in [7, 11) is -3.63. The maximum Gasteiger partial charge on any atom is 0.243 e. The minimum atomic E-state index is -3.63. The SMILES string of the molecule is CC[C@@]1(N2CCN(S(=O)(=O)c3ccc(F)c(C)c3)CC2)CCN(C(=O)C(C)C)C1. The molecule has 1 aromatic rings. The molecule has 2 fully saturated rings. The quantitative estimate of drug-likeness (QED) is 0.727. The Morgan fingerprint density at radius 2 is 1.83 bits per heavy atom. The standard InChI is InChI=1S/C21H32FN3O3S/c1-5-21(8-9-23(15-21)20(26)16(2)3)24-10-12-25(13-11-24)29(27,28)18-6-7-19(22)17(4)14-18/h6-7,14,16H,5,8-13,15H2,1-4H3/t21-/m1/s1. The first kappa shape index (κ1) is 22.2. The predicted molar refractivity (Wildman–Crippen MR) is 111 cm³/mol. The van der Waals surface area contributed by atoms with Gasteiger partial charge in [0, 0.05) is 50.7 Å². The zero-order chi connectivity index (χ0) is 21.4. The highest BCUT2D eigenvalue weighted by Crippen LogP contribution is 2.33. The second-order valence-electron chi connectivity index (χ2n) is 8.54. The second kappa shape index (κ2) is 8.32. The highest BCUT2D eigenvalue weighted by Gasteiger charge is 2.45. The monoisotopic (exact) mass is 425 g/mol. The molecule has 0 aliphatic carbocycles. The van der Waals surface area contributed by atoms with Gasteiger partial charge in [-0.05, 0) is 43.5 Å². The lowest BCUT2D eigenvalue weighted by Gasteiger charge is -2.45. The summed E-state index contributed by atoms with van der Waals surface area (Å²) in [4.78, 5) is 16.9. The van der Waals surface area contributed by atoms with Gasteiger partial charge in [0.15, 0.2) is 0 Å². The van der Waals surface area contributed by atoms with Crippen LogP contribution in [0.3, 0.4) is 0 Å². The minimum absolute atomic E-state index is 0.0104. The van der Waals surface area contributed by atoms with Gasteiger partial charge in [0.25, 0.3) is 0 Å². The molecule has 3 rings (SSSR count). The number of piperazine rings is 1. The molecule has 0 N–H and O–H groups in total. The van der Waals surface area contributed by atoms with Crippen molar-refractivity contribution in [3.8, 4) is 0 Å². The first-order valence-corrected chi connectivity index (χ1v) is 11.8. The number of hydrogen-bond donors (Lipinski definition) is 0. The maximum atomic E-state index is 13.5. The fraction of sp³-hybridized carbons (Fsp3) is 0.667. The van der Waals surface area contributed by atoms with E-state index in [1.165, 1.54) is 22.5 Å². The molecule has 0 spiro atoms. The molecule has 0 saturated carbocycles. The van der Waals surface area contributed by atoms with Crippen molar-refractivity contribution in [2.75, 3.05) is 39.3 Å². The number of rotatable bonds is 5. The third-order valence-corrected chi connectivity index (χ3v) is 8.37. The van der Waals surface area contributed by atoms with Gasteiger partial charge in [0.2, 0.25) is 15.9 Å². The number of benzene rings is 1. The predicted octanol–water partition coefficient (Wildman–Crippen LogP) is 2.48. The lowest BCUT2D eigenvalue weighted by molar-refractivity contribution is -0.134. The smallest absolute Gasteiger partial charge is 0.243 e. The first-order valence-electron chi connectivity index (χ1n) is 10.4. The summed E-state index contributed by atoms with van der Waals surface area (Å²) in [5.74, 6) is -0.225. The van der Waals surface area contributed by atoms with E-state index in [4.69, 9.17) is 0 Å². The average molecular weight is 426 g/mol. The molecule has 0 aromatic heterocycles. The molecule has 1 aromatic carbocycles. The van der Waals surface area contributed by atoms with Gasteiger partial charge in [-0.15, -0.1) is 0 Å². The first-order chi connectivity index (χ1) is 13.6. The lowest BCUT2D eigenvalue weighted by atomic mass is 9.92. The van der Waals surface area contributed by atoms with E-state index in [1.54, 1.807) is 6.92 Å². The van der Waals surface area contributed by atoms with Crippen LogP contribution in [0, 0.1) is 18.7 Å². The van der Waals surface area contributed by atoms with Crippen molar-refractivity contribution in [2.45, 2.75) is 51.0 Å². The molecule has 162 valence electrons. The van der Waals surface area contributed by atoms with Crippen LogP contribution in [0.2, 0.25) is 0 Å². The van der Waals surface area contributed by atoms with Gasteiger partial charge >= 0.3 is 0 Å². The highest BCUT2D eigenvalue weighted by molar-refractivity contribution is 7.89. The number of likely N-dealkylation sites (tertiary alicyclic amines) is 1.